The van der Waals surface area contributed by atoms with E-state index in [0.717, 1.165) is 19.6 Å². The third kappa shape index (κ3) is 2.32. The van der Waals surface area contributed by atoms with Crippen LogP contribution in [0.5, 0.6) is 5.88 Å². The van der Waals surface area contributed by atoms with Crippen LogP contribution in [0.4, 0.5) is 5.82 Å². The third-order valence-electron chi connectivity index (χ3n) is 2.14. The molecule has 1 saturated heterocycles. The Labute approximate surface area is 82.3 Å². The van der Waals surface area contributed by atoms with Gasteiger partial charge in [-0.15, -0.1) is 0 Å². The van der Waals surface area contributed by atoms with Crippen LogP contribution in [0.1, 0.15) is 6.42 Å². The summed E-state index contributed by atoms with van der Waals surface area (Å²) in [4.78, 5) is 7.87. The predicted molar refractivity (Wildman–Crippen MR) is 50.9 cm³/mol. The van der Waals surface area contributed by atoms with Crippen LogP contribution in [0.25, 0.3) is 0 Å². The molecule has 1 fully saturated rings. The van der Waals surface area contributed by atoms with Gasteiger partial charge in [0.05, 0.1) is 25.6 Å². The van der Waals surface area contributed by atoms with Crippen LogP contribution in [0.2, 0.25) is 0 Å². The van der Waals surface area contributed by atoms with Crippen molar-refractivity contribution in [2.24, 2.45) is 5.92 Å². The molecule has 14 heavy (non-hydrogen) atoms. The number of ether oxygens (including phenoxy) is 2. The molecule has 2 N–H and O–H groups in total. The van der Waals surface area contributed by atoms with Crippen molar-refractivity contribution in [2.75, 3.05) is 25.6 Å². The number of anilines is 1. The van der Waals surface area contributed by atoms with Crippen molar-refractivity contribution < 1.29 is 9.47 Å². The van der Waals surface area contributed by atoms with Gasteiger partial charge >= 0.3 is 0 Å². The molecule has 1 unspecified atom stereocenters. The van der Waals surface area contributed by atoms with Gasteiger partial charge in [0.2, 0.25) is 5.88 Å². The smallest absolute Gasteiger partial charge is 0.232 e. The van der Waals surface area contributed by atoms with E-state index in [1.54, 1.807) is 0 Å². The Kier molecular flexibility index (Phi) is 2.78. The van der Waals surface area contributed by atoms with Crippen molar-refractivity contribution in [1.82, 2.24) is 9.97 Å². The Morgan fingerprint density at radius 1 is 1.50 bits per heavy atom. The van der Waals surface area contributed by atoms with Crippen molar-refractivity contribution in [3.05, 3.63) is 12.4 Å². The third-order valence-corrected chi connectivity index (χ3v) is 2.14. The van der Waals surface area contributed by atoms with Crippen LogP contribution >= 0.6 is 0 Å². The SMILES string of the molecule is Nc1cnc(OCC2CCOC2)cn1. The summed E-state index contributed by atoms with van der Waals surface area (Å²) < 4.78 is 10.7. The number of rotatable bonds is 3. The fourth-order valence-electron chi connectivity index (χ4n) is 1.32. The zero-order chi connectivity index (χ0) is 9.80. The Morgan fingerprint density at radius 2 is 2.43 bits per heavy atom. The molecule has 1 aliphatic heterocycles. The van der Waals surface area contributed by atoms with E-state index >= 15 is 0 Å². The Hall–Kier alpha value is -1.36. The lowest BCUT2D eigenvalue weighted by atomic mass is 10.1. The van der Waals surface area contributed by atoms with E-state index in [-0.39, 0.29) is 0 Å². The fourth-order valence-corrected chi connectivity index (χ4v) is 1.32. The van der Waals surface area contributed by atoms with Gasteiger partial charge in [0.1, 0.15) is 5.82 Å². The number of hydrogen-bond donors (Lipinski definition) is 1. The second kappa shape index (κ2) is 4.23. The highest BCUT2D eigenvalue weighted by molar-refractivity contribution is 5.24. The van der Waals surface area contributed by atoms with Crippen LogP contribution in [0.3, 0.4) is 0 Å². The quantitative estimate of drug-likeness (QED) is 0.759. The zero-order valence-electron chi connectivity index (χ0n) is 7.85. The summed E-state index contributed by atoms with van der Waals surface area (Å²) in [5, 5.41) is 0. The molecule has 0 spiro atoms. The van der Waals surface area contributed by atoms with Crippen LogP contribution in [0.15, 0.2) is 12.4 Å². The van der Waals surface area contributed by atoms with Gasteiger partial charge in [-0.2, -0.15) is 0 Å². The molecule has 0 radical (unpaired) electrons. The molecule has 0 aromatic carbocycles. The maximum atomic E-state index is 5.44. The summed E-state index contributed by atoms with van der Waals surface area (Å²) in [6.07, 6.45) is 4.08. The summed E-state index contributed by atoms with van der Waals surface area (Å²) in [5.41, 5.74) is 5.40. The Balaban J connectivity index is 1.82. The minimum atomic E-state index is 0.404. The molecule has 1 aromatic rings. The van der Waals surface area contributed by atoms with E-state index < -0.39 is 0 Å². The topological polar surface area (TPSA) is 70.3 Å². The molecule has 2 rings (SSSR count). The number of hydrogen-bond acceptors (Lipinski definition) is 5. The lowest BCUT2D eigenvalue weighted by molar-refractivity contribution is 0.165. The highest BCUT2D eigenvalue weighted by atomic mass is 16.5. The monoisotopic (exact) mass is 195 g/mol. The molecule has 76 valence electrons. The van der Waals surface area contributed by atoms with Crippen LogP contribution in [-0.4, -0.2) is 29.8 Å². The van der Waals surface area contributed by atoms with Crippen molar-refractivity contribution in [2.45, 2.75) is 6.42 Å². The van der Waals surface area contributed by atoms with Crippen molar-refractivity contribution in [1.29, 1.82) is 0 Å². The second-order valence-corrected chi connectivity index (χ2v) is 3.32. The molecule has 0 aliphatic carbocycles. The first kappa shape index (κ1) is 9.21. The highest BCUT2D eigenvalue weighted by Crippen LogP contribution is 2.14. The first-order valence-corrected chi connectivity index (χ1v) is 4.62. The molecule has 1 aromatic heterocycles. The number of aromatic nitrogens is 2. The Bertz CT molecular complexity index is 283. The van der Waals surface area contributed by atoms with Crippen molar-refractivity contribution in [3.63, 3.8) is 0 Å². The molecular formula is C9H13N3O2. The molecule has 5 nitrogen and oxygen atoms in total. The first-order valence-electron chi connectivity index (χ1n) is 4.62. The van der Waals surface area contributed by atoms with Crippen molar-refractivity contribution >= 4 is 5.82 Å². The van der Waals surface area contributed by atoms with E-state index in [9.17, 15) is 0 Å². The predicted octanol–water partition coefficient (Wildman–Crippen LogP) is 0.474. The molecule has 1 atom stereocenters. The summed E-state index contributed by atoms with van der Waals surface area (Å²) in [7, 11) is 0. The van der Waals surface area contributed by atoms with Gasteiger partial charge in [-0.05, 0) is 6.42 Å². The molecular weight excluding hydrogens is 182 g/mol. The fraction of sp³-hybridized carbons (Fsp3) is 0.556. The van der Waals surface area contributed by atoms with Gasteiger partial charge in [-0.25, -0.2) is 9.97 Å². The molecule has 0 amide bonds. The van der Waals surface area contributed by atoms with E-state index in [1.165, 1.54) is 12.4 Å². The van der Waals surface area contributed by atoms with Crippen LogP contribution in [-0.2, 0) is 4.74 Å². The average Bonchev–Trinajstić information content (AvgIpc) is 2.70. The molecule has 2 heterocycles. The molecule has 5 heteroatoms. The molecule has 0 bridgehead atoms. The van der Waals surface area contributed by atoms with E-state index in [2.05, 4.69) is 9.97 Å². The maximum Gasteiger partial charge on any atom is 0.232 e. The first-order chi connectivity index (χ1) is 6.84. The van der Waals surface area contributed by atoms with Gasteiger partial charge in [0, 0.05) is 12.5 Å². The minimum Gasteiger partial charge on any atom is -0.476 e. The van der Waals surface area contributed by atoms with Gasteiger partial charge in [0.15, 0.2) is 0 Å². The largest absolute Gasteiger partial charge is 0.476 e. The van der Waals surface area contributed by atoms with E-state index in [4.69, 9.17) is 15.2 Å². The van der Waals surface area contributed by atoms with Gasteiger partial charge in [-0.3, -0.25) is 0 Å². The number of nitrogens with two attached hydrogens (primary N) is 1. The summed E-state index contributed by atoms with van der Waals surface area (Å²) in [6, 6.07) is 0. The lowest BCUT2D eigenvalue weighted by Crippen LogP contribution is -2.12. The van der Waals surface area contributed by atoms with Crippen LogP contribution < -0.4 is 10.5 Å². The normalized spacial score (nSPS) is 21.0. The van der Waals surface area contributed by atoms with Crippen LogP contribution in [0, 0.1) is 5.92 Å². The molecule has 1 aliphatic rings. The highest BCUT2D eigenvalue weighted by Gasteiger charge is 2.16. The van der Waals surface area contributed by atoms with Gasteiger partial charge < -0.3 is 15.2 Å². The number of nitrogen functional groups attached to an aromatic ring is 1. The average molecular weight is 195 g/mol. The number of nitrogens with zero attached hydrogens (tertiary/aromatic N) is 2. The standard InChI is InChI=1S/C9H13N3O2/c10-8-3-12-9(4-11-8)14-6-7-1-2-13-5-7/h3-4,7H,1-2,5-6H2,(H2,10,11). The molecule has 0 saturated carbocycles. The second-order valence-electron chi connectivity index (χ2n) is 3.32. The Morgan fingerprint density at radius 3 is 3.07 bits per heavy atom. The summed E-state index contributed by atoms with van der Waals surface area (Å²) in [5.74, 6) is 1.40. The van der Waals surface area contributed by atoms with Gasteiger partial charge in [-0.1, -0.05) is 0 Å². The van der Waals surface area contributed by atoms with E-state index in [0.29, 0.717) is 24.2 Å². The lowest BCUT2D eigenvalue weighted by Gasteiger charge is -2.08. The van der Waals surface area contributed by atoms with E-state index in [1.807, 2.05) is 0 Å². The van der Waals surface area contributed by atoms with Crippen molar-refractivity contribution in [3.8, 4) is 5.88 Å². The maximum absolute atomic E-state index is 5.44. The summed E-state index contributed by atoms with van der Waals surface area (Å²) in [6.45, 7) is 2.25. The summed E-state index contributed by atoms with van der Waals surface area (Å²) >= 11 is 0. The van der Waals surface area contributed by atoms with Gasteiger partial charge in [0.25, 0.3) is 0 Å². The minimum absolute atomic E-state index is 0.404. The zero-order valence-corrected chi connectivity index (χ0v) is 7.85.